The van der Waals surface area contributed by atoms with E-state index in [4.69, 9.17) is 14.2 Å². The van der Waals surface area contributed by atoms with E-state index in [1.54, 1.807) is 6.07 Å². The van der Waals surface area contributed by atoms with Crippen molar-refractivity contribution in [3.05, 3.63) is 27.8 Å². The second kappa shape index (κ2) is 6.19. The molecule has 1 fully saturated rings. The molecule has 0 N–H and O–H groups in total. The fraction of sp³-hybridized carbons (Fsp3) is 0.500. The van der Waals surface area contributed by atoms with Crippen molar-refractivity contribution in [1.82, 2.24) is 0 Å². The number of hydrogen-bond acceptors (Lipinski definition) is 4. The highest BCUT2D eigenvalue weighted by Crippen LogP contribution is 2.31. The van der Waals surface area contributed by atoms with Crippen molar-refractivity contribution in [1.29, 1.82) is 0 Å². The van der Waals surface area contributed by atoms with Gasteiger partial charge in [0.2, 0.25) is 0 Å². The quantitative estimate of drug-likeness (QED) is 0.460. The SMILES string of the molecule is CCC1(CC)OCC(C(=O)Oc2ccccc2I)O1. The lowest BCUT2D eigenvalue weighted by atomic mass is 10.1. The lowest BCUT2D eigenvalue weighted by Gasteiger charge is -2.24. The maximum Gasteiger partial charge on any atom is 0.343 e. The van der Waals surface area contributed by atoms with Crippen LogP contribution < -0.4 is 4.74 Å². The van der Waals surface area contributed by atoms with E-state index in [0.717, 1.165) is 16.4 Å². The van der Waals surface area contributed by atoms with Gasteiger partial charge in [0.15, 0.2) is 11.9 Å². The Kier molecular flexibility index (Phi) is 4.81. The molecule has 0 radical (unpaired) electrons. The van der Waals surface area contributed by atoms with Crippen LogP contribution in [0, 0.1) is 3.57 Å². The maximum atomic E-state index is 12.1. The minimum Gasteiger partial charge on any atom is -0.423 e. The van der Waals surface area contributed by atoms with Crippen molar-refractivity contribution in [3.8, 4) is 5.75 Å². The molecule has 1 aliphatic rings. The highest BCUT2D eigenvalue weighted by atomic mass is 127. The van der Waals surface area contributed by atoms with Gasteiger partial charge in [-0.1, -0.05) is 26.0 Å². The first-order chi connectivity index (χ1) is 9.10. The third-order valence-electron chi connectivity index (χ3n) is 3.24. The predicted octanol–water partition coefficient (Wildman–Crippen LogP) is 3.13. The van der Waals surface area contributed by atoms with Crippen LogP contribution in [-0.2, 0) is 14.3 Å². The molecule has 1 aliphatic heterocycles. The Hall–Kier alpha value is -0.660. The Balaban J connectivity index is 2.01. The highest BCUT2D eigenvalue weighted by molar-refractivity contribution is 14.1. The number of benzene rings is 1. The van der Waals surface area contributed by atoms with Gasteiger partial charge in [0.25, 0.3) is 0 Å². The Bertz CT molecular complexity index is 457. The van der Waals surface area contributed by atoms with Gasteiger partial charge in [-0.15, -0.1) is 0 Å². The second-order valence-corrected chi connectivity index (χ2v) is 5.55. The molecule has 0 spiro atoms. The molecule has 5 heteroatoms. The van der Waals surface area contributed by atoms with Gasteiger partial charge in [-0.05, 0) is 47.6 Å². The Morgan fingerprint density at radius 2 is 2.11 bits per heavy atom. The summed E-state index contributed by atoms with van der Waals surface area (Å²) in [4.78, 5) is 12.1. The summed E-state index contributed by atoms with van der Waals surface area (Å²) in [7, 11) is 0. The molecular weight excluding hydrogens is 359 g/mol. The zero-order valence-electron chi connectivity index (χ0n) is 11.0. The molecule has 104 valence electrons. The van der Waals surface area contributed by atoms with Gasteiger partial charge in [-0.2, -0.15) is 0 Å². The number of halogens is 1. The van der Waals surface area contributed by atoms with Crippen LogP contribution in [-0.4, -0.2) is 24.5 Å². The van der Waals surface area contributed by atoms with E-state index in [0.29, 0.717) is 5.75 Å². The molecule has 0 aromatic heterocycles. The fourth-order valence-electron chi connectivity index (χ4n) is 1.99. The standard InChI is InChI=1S/C14H17IO4/c1-3-14(4-2)17-9-12(19-14)13(16)18-11-8-6-5-7-10(11)15/h5-8,12H,3-4,9H2,1-2H3. The molecule has 0 aliphatic carbocycles. The van der Waals surface area contributed by atoms with Crippen LogP contribution in [0.15, 0.2) is 24.3 Å². The van der Waals surface area contributed by atoms with Crippen molar-refractivity contribution >= 4 is 28.6 Å². The summed E-state index contributed by atoms with van der Waals surface area (Å²) in [6, 6.07) is 7.38. The molecule has 0 saturated carbocycles. The normalized spacial score (nSPS) is 21.3. The molecule has 2 rings (SSSR count). The minimum atomic E-state index is -0.643. The first kappa shape index (κ1) is 14.7. The molecular formula is C14H17IO4. The molecule has 1 atom stereocenters. The van der Waals surface area contributed by atoms with Crippen LogP contribution in [0.1, 0.15) is 26.7 Å². The number of rotatable bonds is 4. The molecule has 4 nitrogen and oxygen atoms in total. The summed E-state index contributed by atoms with van der Waals surface area (Å²) in [6.07, 6.45) is 0.794. The summed E-state index contributed by atoms with van der Waals surface area (Å²) in [6.45, 7) is 4.22. The van der Waals surface area contributed by atoms with Crippen LogP contribution in [0.3, 0.4) is 0 Å². The van der Waals surface area contributed by atoms with E-state index in [9.17, 15) is 4.79 Å². The van der Waals surface area contributed by atoms with E-state index in [1.807, 2.05) is 32.0 Å². The Morgan fingerprint density at radius 1 is 1.42 bits per heavy atom. The first-order valence-corrected chi connectivity index (χ1v) is 7.46. The highest BCUT2D eigenvalue weighted by Gasteiger charge is 2.42. The van der Waals surface area contributed by atoms with Crippen LogP contribution in [0.2, 0.25) is 0 Å². The van der Waals surface area contributed by atoms with E-state index in [1.165, 1.54) is 0 Å². The molecule has 0 amide bonds. The summed E-state index contributed by atoms with van der Waals surface area (Å²) in [5, 5.41) is 0. The molecule has 0 bridgehead atoms. The molecule has 1 unspecified atom stereocenters. The minimum absolute atomic E-state index is 0.254. The lowest BCUT2D eigenvalue weighted by Crippen LogP contribution is -2.33. The molecule has 1 aromatic rings. The second-order valence-electron chi connectivity index (χ2n) is 4.39. The average molecular weight is 376 g/mol. The van der Waals surface area contributed by atoms with E-state index < -0.39 is 17.9 Å². The van der Waals surface area contributed by atoms with Crippen LogP contribution in [0.4, 0.5) is 0 Å². The lowest BCUT2D eigenvalue weighted by molar-refractivity contribution is -0.181. The maximum absolute atomic E-state index is 12.1. The van der Waals surface area contributed by atoms with Gasteiger partial charge in [-0.25, -0.2) is 4.79 Å². The van der Waals surface area contributed by atoms with E-state index in [-0.39, 0.29) is 6.61 Å². The molecule has 1 aromatic carbocycles. The monoisotopic (exact) mass is 376 g/mol. The van der Waals surface area contributed by atoms with Crippen molar-refractivity contribution in [2.75, 3.05) is 6.61 Å². The molecule has 19 heavy (non-hydrogen) atoms. The van der Waals surface area contributed by atoms with Crippen molar-refractivity contribution in [2.24, 2.45) is 0 Å². The van der Waals surface area contributed by atoms with Crippen molar-refractivity contribution in [2.45, 2.75) is 38.6 Å². The van der Waals surface area contributed by atoms with Crippen LogP contribution >= 0.6 is 22.6 Å². The summed E-state index contributed by atoms with van der Waals surface area (Å²) >= 11 is 2.13. The molecule has 1 heterocycles. The zero-order valence-corrected chi connectivity index (χ0v) is 13.2. The van der Waals surface area contributed by atoms with Gasteiger partial charge >= 0.3 is 5.97 Å². The Labute approximate surface area is 126 Å². The van der Waals surface area contributed by atoms with Gasteiger partial charge in [-0.3, -0.25) is 0 Å². The number of hydrogen-bond donors (Lipinski definition) is 0. The van der Waals surface area contributed by atoms with Crippen LogP contribution in [0.25, 0.3) is 0 Å². The topological polar surface area (TPSA) is 44.8 Å². The van der Waals surface area contributed by atoms with E-state index >= 15 is 0 Å². The number of carbonyl (C=O) groups is 1. The van der Waals surface area contributed by atoms with E-state index in [2.05, 4.69) is 22.6 Å². The average Bonchev–Trinajstić information content (AvgIpc) is 2.87. The zero-order chi connectivity index (χ0) is 13.9. The summed E-state index contributed by atoms with van der Waals surface area (Å²) < 4.78 is 17.6. The van der Waals surface area contributed by atoms with Gasteiger partial charge in [0.1, 0.15) is 5.75 Å². The predicted molar refractivity (Wildman–Crippen MR) is 78.9 cm³/mol. The molecule has 1 saturated heterocycles. The van der Waals surface area contributed by atoms with Crippen molar-refractivity contribution in [3.63, 3.8) is 0 Å². The smallest absolute Gasteiger partial charge is 0.343 e. The third-order valence-corrected chi connectivity index (χ3v) is 4.13. The number of carbonyl (C=O) groups excluding carboxylic acids is 1. The number of para-hydroxylation sites is 1. The third kappa shape index (κ3) is 3.27. The largest absolute Gasteiger partial charge is 0.423 e. The van der Waals surface area contributed by atoms with Gasteiger partial charge in [0.05, 0.1) is 10.2 Å². The van der Waals surface area contributed by atoms with Gasteiger partial charge < -0.3 is 14.2 Å². The Morgan fingerprint density at radius 3 is 2.68 bits per heavy atom. The fourth-order valence-corrected chi connectivity index (χ4v) is 2.49. The first-order valence-electron chi connectivity index (χ1n) is 6.38. The summed E-state index contributed by atoms with van der Waals surface area (Å²) in [5.74, 6) is -0.469. The van der Waals surface area contributed by atoms with Crippen molar-refractivity contribution < 1.29 is 19.0 Å². The summed E-state index contributed by atoms with van der Waals surface area (Å²) in [5.41, 5.74) is 0. The number of ether oxygens (including phenoxy) is 3. The number of esters is 1. The van der Waals surface area contributed by atoms with Gasteiger partial charge in [0, 0.05) is 0 Å². The van der Waals surface area contributed by atoms with Crippen LogP contribution in [0.5, 0.6) is 5.75 Å².